The number of hydrogen-bond donors (Lipinski definition) is 1. The number of pyridine rings is 1. The summed E-state index contributed by atoms with van der Waals surface area (Å²) in [7, 11) is 0. The molecule has 2 saturated heterocycles. The smallest absolute Gasteiger partial charge is 0.356 e. The summed E-state index contributed by atoms with van der Waals surface area (Å²) in [5.74, 6) is 0.800. The van der Waals surface area contributed by atoms with Crippen LogP contribution in [0.3, 0.4) is 0 Å². The molecule has 2 amide bonds. The van der Waals surface area contributed by atoms with Gasteiger partial charge in [-0.25, -0.2) is 14.2 Å². The fourth-order valence-corrected chi connectivity index (χ4v) is 4.89. The highest BCUT2D eigenvalue weighted by Crippen LogP contribution is 2.40. The second kappa shape index (κ2) is 7.08. The molecule has 1 aromatic rings. The number of urea groups is 1. The third-order valence-corrected chi connectivity index (χ3v) is 6.35. The first-order valence-corrected chi connectivity index (χ1v) is 9.71. The van der Waals surface area contributed by atoms with Crippen LogP contribution in [0.15, 0.2) is 18.3 Å². The average Bonchev–Trinajstić information content (AvgIpc) is 3.30. The first-order valence-electron chi connectivity index (χ1n) is 9.71. The van der Waals surface area contributed by atoms with Gasteiger partial charge in [0.2, 0.25) is 0 Å². The summed E-state index contributed by atoms with van der Waals surface area (Å²) in [5, 5.41) is 3.04. The molecule has 3 aliphatic rings. The second-order valence-corrected chi connectivity index (χ2v) is 8.20. The molecule has 3 fully saturated rings. The Hall–Kier alpha value is -2.06. The normalized spacial score (nSPS) is 32.7. The Morgan fingerprint density at radius 2 is 2.04 bits per heavy atom. The largest absolute Gasteiger partial charge is 0.416 e. The van der Waals surface area contributed by atoms with Gasteiger partial charge >= 0.3 is 12.2 Å². The van der Waals surface area contributed by atoms with Crippen molar-refractivity contribution in [3.63, 3.8) is 0 Å². The topological polar surface area (TPSA) is 48.5 Å². The highest BCUT2D eigenvalue weighted by molar-refractivity contribution is 5.75. The van der Waals surface area contributed by atoms with Gasteiger partial charge in [0.1, 0.15) is 12.0 Å². The molecule has 9 heteroatoms. The van der Waals surface area contributed by atoms with Gasteiger partial charge in [-0.1, -0.05) is 0 Å². The molecular weight excluding hydrogens is 376 g/mol. The van der Waals surface area contributed by atoms with Crippen molar-refractivity contribution in [1.82, 2.24) is 15.2 Å². The summed E-state index contributed by atoms with van der Waals surface area (Å²) in [6.07, 6.45) is -2.08. The number of fused-ring (bicyclic) bond motifs is 1. The quantitative estimate of drug-likeness (QED) is 0.774. The van der Waals surface area contributed by atoms with Crippen molar-refractivity contribution in [3.8, 4) is 0 Å². The maximum Gasteiger partial charge on any atom is 0.416 e. The lowest BCUT2D eigenvalue weighted by Crippen LogP contribution is -2.48. The summed E-state index contributed by atoms with van der Waals surface area (Å²) >= 11 is 0. The molecule has 1 N–H and O–H groups in total. The minimum atomic E-state index is -4.40. The van der Waals surface area contributed by atoms with E-state index in [2.05, 4.69) is 10.3 Å². The average molecular weight is 400 g/mol. The van der Waals surface area contributed by atoms with Crippen molar-refractivity contribution in [2.75, 3.05) is 24.5 Å². The van der Waals surface area contributed by atoms with Crippen LogP contribution in [0.25, 0.3) is 0 Å². The van der Waals surface area contributed by atoms with Crippen LogP contribution in [0.2, 0.25) is 0 Å². The fourth-order valence-electron chi connectivity index (χ4n) is 4.89. The van der Waals surface area contributed by atoms with Gasteiger partial charge in [-0.3, -0.25) is 0 Å². The zero-order chi connectivity index (χ0) is 20.1. The first-order chi connectivity index (χ1) is 13.2. The lowest BCUT2D eigenvalue weighted by atomic mass is 9.98. The molecule has 154 valence electrons. The molecule has 2 aliphatic heterocycles. The van der Waals surface area contributed by atoms with Crippen molar-refractivity contribution in [3.05, 3.63) is 23.9 Å². The van der Waals surface area contributed by atoms with Crippen LogP contribution in [0.4, 0.5) is 28.2 Å². The van der Waals surface area contributed by atoms with Gasteiger partial charge in [-0.15, -0.1) is 0 Å². The molecule has 1 unspecified atom stereocenters. The van der Waals surface area contributed by atoms with Crippen LogP contribution in [0.5, 0.6) is 0 Å². The Kier molecular flexibility index (Phi) is 4.87. The van der Waals surface area contributed by atoms with E-state index in [0.29, 0.717) is 31.2 Å². The number of alkyl halides is 4. The van der Waals surface area contributed by atoms with Gasteiger partial charge in [-0.2, -0.15) is 13.2 Å². The van der Waals surface area contributed by atoms with Gasteiger partial charge in [0, 0.05) is 43.7 Å². The van der Waals surface area contributed by atoms with Gasteiger partial charge in [0.25, 0.3) is 0 Å². The molecule has 1 aliphatic carbocycles. The minimum Gasteiger partial charge on any atom is -0.356 e. The number of carbonyl (C=O) groups is 1. The molecule has 0 bridgehead atoms. The first kappa shape index (κ1) is 19.3. The molecule has 4 rings (SSSR count). The van der Waals surface area contributed by atoms with Crippen molar-refractivity contribution >= 4 is 11.8 Å². The summed E-state index contributed by atoms with van der Waals surface area (Å²) in [5.41, 5.74) is -0.705. The number of anilines is 1. The number of halogens is 4. The maximum absolute atomic E-state index is 13.6. The molecule has 28 heavy (non-hydrogen) atoms. The van der Waals surface area contributed by atoms with Gasteiger partial charge in [0.15, 0.2) is 0 Å². The summed E-state index contributed by atoms with van der Waals surface area (Å²) in [6.45, 7) is 3.16. The van der Waals surface area contributed by atoms with Crippen molar-refractivity contribution in [2.24, 2.45) is 11.8 Å². The van der Waals surface area contributed by atoms with E-state index < -0.39 is 17.9 Å². The van der Waals surface area contributed by atoms with E-state index in [1.165, 1.54) is 6.20 Å². The molecule has 5 nitrogen and oxygen atoms in total. The lowest BCUT2D eigenvalue weighted by Gasteiger charge is -2.27. The zero-order valence-corrected chi connectivity index (χ0v) is 15.6. The Morgan fingerprint density at radius 1 is 1.25 bits per heavy atom. The second-order valence-electron chi connectivity index (χ2n) is 8.20. The summed E-state index contributed by atoms with van der Waals surface area (Å²) in [6, 6.07) is 1.65. The molecule has 1 aromatic heterocycles. The number of nitrogens with zero attached hydrogens (tertiary/aromatic N) is 3. The number of likely N-dealkylation sites (tertiary alicyclic amines) is 1. The van der Waals surface area contributed by atoms with E-state index in [1.807, 2.05) is 11.8 Å². The van der Waals surface area contributed by atoms with Crippen LogP contribution >= 0.6 is 0 Å². The predicted molar refractivity (Wildman–Crippen MR) is 95.7 cm³/mol. The third kappa shape index (κ3) is 3.63. The molecule has 0 aromatic carbocycles. The van der Waals surface area contributed by atoms with Crippen molar-refractivity contribution in [2.45, 2.75) is 50.6 Å². The fraction of sp³-hybridized carbons (Fsp3) is 0.684. The van der Waals surface area contributed by atoms with E-state index in [4.69, 9.17) is 0 Å². The van der Waals surface area contributed by atoms with E-state index >= 15 is 0 Å². The summed E-state index contributed by atoms with van der Waals surface area (Å²) < 4.78 is 52.5. The SMILES string of the molecule is CC1C[C@@H](F)CN1C(=O)N[C@H]1CC[C@@H]2CN(c3cc(C(F)(F)F)ccn3)C[C@@H]21. The number of hydrogen-bond acceptors (Lipinski definition) is 3. The molecular formula is C19H24F4N4O. The maximum atomic E-state index is 13.6. The van der Waals surface area contributed by atoms with Crippen LogP contribution in [0.1, 0.15) is 31.7 Å². The molecule has 0 radical (unpaired) electrons. The molecule has 0 spiro atoms. The standard InChI is InChI=1S/C19H24F4N4O/c1-11-6-14(20)9-27(11)18(28)25-16-3-2-12-8-26(10-15(12)16)17-7-13(4-5-24-17)19(21,22)23/h4-5,7,11-12,14-16H,2-3,6,8-10H2,1H3,(H,25,28)/t11?,12-,14-,15+,16+/m1/s1. The van der Waals surface area contributed by atoms with E-state index in [9.17, 15) is 22.4 Å². The molecule has 5 atom stereocenters. The van der Waals surface area contributed by atoms with E-state index in [1.54, 1.807) is 4.90 Å². The van der Waals surface area contributed by atoms with Crippen LogP contribution in [-0.4, -0.2) is 53.8 Å². The number of carbonyl (C=O) groups excluding carboxylic acids is 1. The monoisotopic (exact) mass is 400 g/mol. The Labute approximate surface area is 161 Å². The van der Waals surface area contributed by atoms with Crippen molar-refractivity contribution in [1.29, 1.82) is 0 Å². The number of nitrogens with one attached hydrogen (secondary N) is 1. The minimum absolute atomic E-state index is 0.0424. The summed E-state index contributed by atoms with van der Waals surface area (Å²) in [4.78, 5) is 20.1. The number of aromatic nitrogens is 1. The highest BCUT2D eigenvalue weighted by Gasteiger charge is 2.45. The van der Waals surface area contributed by atoms with E-state index in [0.717, 1.165) is 25.0 Å². The van der Waals surface area contributed by atoms with Crippen LogP contribution < -0.4 is 10.2 Å². The molecule has 3 heterocycles. The third-order valence-electron chi connectivity index (χ3n) is 6.35. The Morgan fingerprint density at radius 3 is 2.71 bits per heavy atom. The highest BCUT2D eigenvalue weighted by atomic mass is 19.4. The Balaban J connectivity index is 1.41. The lowest BCUT2D eigenvalue weighted by molar-refractivity contribution is -0.137. The van der Waals surface area contributed by atoms with Gasteiger partial charge in [-0.05, 0) is 37.8 Å². The number of amides is 2. The predicted octanol–water partition coefficient (Wildman–Crippen LogP) is 3.46. The van der Waals surface area contributed by atoms with Crippen LogP contribution in [-0.2, 0) is 6.18 Å². The molecule has 1 saturated carbocycles. The number of rotatable bonds is 2. The van der Waals surface area contributed by atoms with Crippen LogP contribution in [0, 0.1) is 11.8 Å². The van der Waals surface area contributed by atoms with Gasteiger partial charge < -0.3 is 15.1 Å². The Bertz CT molecular complexity index is 743. The van der Waals surface area contributed by atoms with Gasteiger partial charge in [0.05, 0.1) is 12.1 Å². The zero-order valence-electron chi connectivity index (χ0n) is 15.6. The van der Waals surface area contributed by atoms with E-state index in [-0.39, 0.29) is 30.6 Å². The van der Waals surface area contributed by atoms with Crippen molar-refractivity contribution < 1.29 is 22.4 Å².